The summed E-state index contributed by atoms with van der Waals surface area (Å²) in [6.07, 6.45) is 2.16. The molecule has 1 aromatic heterocycles. The SMILES string of the molecule is COC(=O)c1ccc(CNC(C)C(=O)NC2CC2)[nH]1. The summed E-state index contributed by atoms with van der Waals surface area (Å²) in [7, 11) is 1.34. The molecule has 1 fully saturated rings. The van der Waals surface area contributed by atoms with E-state index in [1.165, 1.54) is 7.11 Å². The van der Waals surface area contributed by atoms with Gasteiger partial charge in [0, 0.05) is 18.3 Å². The molecule has 3 N–H and O–H groups in total. The molecule has 1 saturated carbocycles. The van der Waals surface area contributed by atoms with Crippen LogP contribution in [0.3, 0.4) is 0 Å². The van der Waals surface area contributed by atoms with E-state index in [9.17, 15) is 9.59 Å². The maximum Gasteiger partial charge on any atom is 0.354 e. The van der Waals surface area contributed by atoms with Crippen molar-refractivity contribution in [2.45, 2.75) is 38.4 Å². The van der Waals surface area contributed by atoms with Crippen LogP contribution in [0, 0.1) is 0 Å². The van der Waals surface area contributed by atoms with Crippen molar-refractivity contribution in [2.24, 2.45) is 0 Å². The first kappa shape index (κ1) is 13.6. The zero-order valence-corrected chi connectivity index (χ0v) is 11.2. The molecule has 2 rings (SSSR count). The van der Waals surface area contributed by atoms with E-state index in [1.807, 2.05) is 6.92 Å². The molecular formula is C13H19N3O3. The molecule has 1 unspecified atom stereocenters. The fourth-order valence-electron chi connectivity index (χ4n) is 1.68. The van der Waals surface area contributed by atoms with Gasteiger partial charge in [-0.05, 0) is 31.9 Å². The molecule has 0 aromatic carbocycles. The second-order valence-electron chi connectivity index (χ2n) is 4.77. The molecule has 0 radical (unpaired) electrons. The minimum absolute atomic E-state index is 0.0160. The van der Waals surface area contributed by atoms with Crippen LogP contribution in [0.15, 0.2) is 12.1 Å². The highest BCUT2D eigenvalue weighted by Gasteiger charge is 2.25. The normalized spacial score (nSPS) is 15.9. The molecule has 0 spiro atoms. The first-order valence-electron chi connectivity index (χ1n) is 6.40. The zero-order valence-electron chi connectivity index (χ0n) is 11.2. The summed E-state index contributed by atoms with van der Waals surface area (Å²) < 4.78 is 4.61. The van der Waals surface area contributed by atoms with Crippen molar-refractivity contribution < 1.29 is 14.3 Å². The topological polar surface area (TPSA) is 83.2 Å². The predicted octanol–water partition coefficient (Wildman–Crippen LogP) is 0.558. The van der Waals surface area contributed by atoms with Gasteiger partial charge >= 0.3 is 5.97 Å². The summed E-state index contributed by atoms with van der Waals surface area (Å²) in [5.41, 5.74) is 1.25. The molecule has 0 saturated heterocycles. The molecule has 1 atom stereocenters. The van der Waals surface area contributed by atoms with E-state index in [0.717, 1.165) is 18.5 Å². The molecule has 1 aromatic rings. The Morgan fingerprint density at radius 2 is 2.21 bits per heavy atom. The number of methoxy groups -OCH3 is 1. The number of carbonyl (C=O) groups is 2. The van der Waals surface area contributed by atoms with Crippen molar-refractivity contribution in [3.05, 3.63) is 23.5 Å². The second-order valence-corrected chi connectivity index (χ2v) is 4.77. The third kappa shape index (κ3) is 3.82. The predicted molar refractivity (Wildman–Crippen MR) is 69.6 cm³/mol. The Bertz CT molecular complexity index is 465. The maximum absolute atomic E-state index is 11.7. The first-order chi connectivity index (χ1) is 9.10. The average Bonchev–Trinajstić information content (AvgIpc) is 3.09. The molecule has 1 aliphatic carbocycles. The fraction of sp³-hybridized carbons (Fsp3) is 0.538. The summed E-state index contributed by atoms with van der Waals surface area (Å²) in [5, 5.41) is 6.04. The van der Waals surface area contributed by atoms with Gasteiger partial charge in [-0.1, -0.05) is 0 Å². The number of amides is 1. The molecule has 19 heavy (non-hydrogen) atoms. The molecule has 104 valence electrons. The lowest BCUT2D eigenvalue weighted by Gasteiger charge is -2.13. The number of aromatic amines is 1. The Hall–Kier alpha value is -1.82. The van der Waals surface area contributed by atoms with Crippen molar-refractivity contribution in [2.75, 3.05) is 7.11 Å². The Kier molecular flexibility index (Phi) is 4.21. The molecule has 1 aliphatic rings. The van der Waals surface area contributed by atoms with Crippen LogP contribution in [0.4, 0.5) is 0 Å². The summed E-state index contributed by atoms with van der Waals surface area (Å²) in [5.74, 6) is -0.381. The summed E-state index contributed by atoms with van der Waals surface area (Å²) in [4.78, 5) is 25.9. The van der Waals surface area contributed by atoms with Crippen LogP contribution < -0.4 is 10.6 Å². The van der Waals surface area contributed by atoms with Gasteiger partial charge in [-0.3, -0.25) is 4.79 Å². The van der Waals surface area contributed by atoms with E-state index < -0.39 is 5.97 Å². The van der Waals surface area contributed by atoms with Crippen molar-refractivity contribution in [3.63, 3.8) is 0 Å². The molecular weight excluding hydrogens is 246 g/mol. The minimum atomic E-state index is -0.397. The standard InChI is InChI=1S/C13H19N3O3/c1-8(12(17)16-9-3-4-9)14-7-10-5-6-11(15-10)13(18)19-2/h5-6,8-9,14-15H,3-4,7H2,1-2H3,(H,16,17). The zero-order chi connectivity index (χ0) is 13.8. The van der Waals surface area contributed by atoms with Gasteiger partial charge < -0.3 is 20.4 Å². The third-order valence-electron chi connectivity index (χ3n) is 3.07. The van der Waals surface area contributed by atoms with Crippen molar-refractivity contribution >= 4 is 11.9 Å². The Labute approximate surface area is 111 Å². The Balaban J connectivity index is 1.79. The summed E-state index contributed by atoms with van der Waals surface area (Å²) in [6, 6.07) is 3.57. The Morgan fingerprint density at radius 1 is 1.47 bits per heavy atom. The number of hydrogen-bond donors (Lipinski definition) is 3. The summed E-state index contributed by atoms with van der Waals surface area (Å²) >= 11 is 0. The lowest BCUT2D eigenvalue weighted by Crippen LogP contribution is -2.42. The molecule has 6 heteroatoms. The van der Waals surface area contributed by atoms with Crippen LogP contribution >= 0.6 is 0 Å². The summed E-state index contributed by atoms with van der Waals surface area (Å²) in [6.45, 7) is 2.32. The van der Waals surface area contributed by atoms with Gasteiger partial charge in [-0.15, -0.1) is 0 Å². The fourth-order valence-corrected chi connectivity index (χ4v) is 1.68. The van der Waals surface area contributed by atoms with Crippen molar-refractivity contribution in [3.8, 4) is 0 Å². The number of ether oxygens (including phenoxy) is 1. The number of rotatable bonds is 6. The number of hydrogen-bond acceptors (Lipinski definition) is 4. The van der Waals surface area contributed by atoms with E-state index in [0.29, 0.717) is 18.3 Å². The maximum atomic E-state index is 11.7. The molecule has 6 nitrogen and oxygen atoms in total. The van der Waals surface area contributed by atoms with E-state index in [2.05, 4.69) is 20.4 Å². The van der Waals surface area contributed by atoms with Gasteiger partial charge in [-0.2, -0.15) is 0 Å². The van der Waals surface area contributed by atoms with Crippen LogP contribution in [0.5, 0.6) is 0 Å². The minimum Gasteiger partial charge on any atom is -0.464 e. The van der Waals surface area contributed by atoms with Crippen LogP contribution in [-0.2, 0) is 16.1 Å². The molecule has 0 aliphatic heterocycles. The number of H-pyrrole nitrogens is 1. The van der Waals surface area contributed by atoms with E-state index in [-0.39, 0.29) is 11.9 Å². The van der Waals surface area contributed by atoms with Gasteiger partial charge in [0.25, 0.3) is 0 Å². The van der Waals surface area contributed by atoms with Crippen molar-refractivity contribution in [1.29, 1.82) is 0 Å². The number of carbonyl (C=O) groups excluding carboxylic acids is 2. The van der Waals surface area contributed by atoms with Gasteiger partial charge in [0.05, 0.1) is 13.2 Å². The smallest absolute Gasteiger partial charge is 0.354 e. The quantitative estimate of drug-likeness (QED) is 0.656. The van der Waals surface area contributed by atoms with Crippen LogP contribution in [0.25, 0.3) is 0 Å². The lowest BCUT2D eigenvalue weighted by molar-refractivity contribution is -0.122. The Morgan fingerprint density at radius 3 is 2.84 bits per heavy atom. The first-order valence-corrected chi connectivity index (χ1v) is 6.40. The van der Waals surface area contributed by atoms with Gasteiger partial charge in [0.1, 0.15) is 5.69 Å². The van der Waals surface area contributed by atoms with Crippen LogP contribution in [0.2, 0.25) is 0 Å². The number of nitrogens with one attached hydrogen (secondary N) is 3. The van der Waals surface area contributed by atoms with E-state index in [4.69, 9.17) is 0 Å². The highest BCUT2D eigenvalue weighted by Crippen LogP contribution is 2.18. The van der Waals surface area contributed by atoms with Crippen LogP contribution in [-0.4, -0.2) is 36.1 Å². The monoisotopic (exact) mass is 265 g/mol. The molecule has 0 bridgehead atoms. The van der Waals surface area contributed by atoms with Crippen molar-refractivity contribution in [1.82, 2.24) is 15.6 Å². The highest BCUT2D eigenvalue weighted by molar-refractivity contribution is 5.87. The highest BCUT2D eigenvalue weighted by atomic mass is 16.5. The molecule has 1 heterocycles. The lowest BCUT2D eigenvalue weighted by atomic mass is 10.3. The van der Waals surface area contributed by atoms with E-state index in [1.54, 1.807) is 12.1 Å². The van der Waals surface area contributed by atoms with Gasteiger partial charge in [0.2, 0.25) is 5.91 Å². The third-order valence-corrected chi connectivity index (χ3v) is 3.07. The largest absolute Gasteiger partial charge is 0.464 e. The van der Waals surface area contributed by atoms with Gasteiger partial charge in [0.15, 0.2) is 0 Å². The second kappa shape index (κ2) is 5.88. The number of esters is 1. The van der Waals surface area contributed by atoms with E-state index >= 15 is 0 Å². The average molecular weight is 265 g/mol. The van der Waals surface area contributed by atoms with Crippen LogP contribution in [0.1, 0.15) is 35.9 Å². The number of aromatic nitrogens is 1. The molecule has 1 amide bonds. The van der Waals surface area contributed by atoms with Gasteiger partial charge in [-0.25, -0.2) is 4.79 Å².